The van der Waals surface area contributed by atoms with Crippen molar-refractivity contribution >= 4 is 0 Å². The van der Waals surface area contributed by atoms with Crippen molar-refractivity contribution in [3.05, 3.63) is 47.7 Å². The topological polar surface area (TPSA) is 49.6 Å². The molecule has 2 aromatic rings. The van der Waals surface area contributed by atoms with Crippen molar-refractivity contribution in [2.75, 3.05) is 6.67 Å². The van der Waals surface area contributed by atoms with Crippen LogP contribution in [0.25, 0.3) is 11.3 Å². The smallest absolute Gasteiger partial charge is 0.0991 e. The second kappa shape index (κ2) is 8.20. The number of nitrogens with zero attached hydrogens (tertiary/aromatic N) is 3. The first-order valence-electron chi connectivity index (χ1n) is 9.18. The fourth-order valence-corrected chi connectivity index (χ4v) is 3.91. The summed E-state index contributed by atoms with van der Waals surface area (Å²) in [4.78, 5) is 0. The van der Waals surface area contributed by atoms with Crippen molar-refractivity contribution in [1.82, 2.24) is 10.2 Å². The van der Waals surface area contributed by atoms with E-state index >= 15 is 0 Å². The third-order valence-electron chi connectivity index (χ3n) is 5.37. The van der Waals surface area contributed by atoms with E-state index < -0.39 is 0 Å². The molecule has 0 unspecified atom stereocenters. The highest BCUT2D eigenvalue weighted by atomic mass is 19.1. The number of aromatic nitrogens is 2. The van der Waals surface area contributed by atoms with Crippen molar-refractivity contribution in [2.45, 2.75) is 56.8 Å². The molecular weight excluding hydrogens is 313 g/mol. The fraction of sp³-hybridized carbons (Fsp3) is 0.476. The van der Waals surface area contributed by atoms with Crippen LogP contribution >= 0.6 is 0 Å². The van der Waals surface area contributed by atoms with Crippen LogP contribution in [0.15, 0.2) is 36.4 Å². The number of rotatable bonds is 6. The second-order valence-corrected chi connectivity index (χ2v) is 6.98. The molecule has 0 saturated heterocycles. The zero-order valence-electron chi connectivity index (χ0n) is 14.5. The maximum Gasteiger partial charge on any atom is 0.0991 e. The number of hydrogen-bond acceptors (Lipinski definition) is 3. The number of unbranched alkanes of at least 4 members (excludes halogenated alkanes) is 1. The van der Waals surface area contributed by atoms with Gasteiger partial charge < -0.3 is 0 Å². The molecule has 1 saturated carbocycles. The molecule has 1 heterocycles. The van der Waals surface area contributed by atoms with Crippen LogP contribution in [0.3, 0.4) is 0 Å². The summed E-state index contributed by atoms with van der Waals surface area (Å²) in [5.74, 6) is 0. The Labute approximate surface area is 148 Å². The number of halogens is 1. The quantitative estimate of drug-likeness (QED) is 0.667. The minimum Gasteiger partial charge on any atom is -0.251 e. The average Bonchev–Trinajstić information content (AvgIpc) is 2.69. The van der Waals surface area contributed by atoms with Gasteiger partial charge in [0.2, 0.25) is 0 Å². The van der Waals surface area contributed by atoms with Crippen LogP contribution in [0.5, 0.6) is 0 Å². The van der Waals surface area contributed by atoms with Gasteiger partial charge in [-0.2, -0.15) is 15.5 Å². The van der Waals surface area contributed by atoms with Gasteiger partial charge in [-0.15, -0.1) is 0 Å². The van der Waals surface area contributed by atoms with Gasteiger partial charge >= 0.3 is 0 Å². The first kappa shape index (κ1) is 17.5. The minimum atomic E-state index is -0.237. The summed E-state index contributed by atoms with van der Waals surface area (Å²) in [5.41, 5.74) is 3.56. The van der Waals surface area contributed by atoms with Crippen molar-refractivity contribution in [2.24, 2.45) is 0 Å². The molecule has 0 atom stereocenters. The Bertz CT molecular complexity index is 710. The Hall–Kier alpha value is -2.28. The molecule has 1 aliphatic carbocycles. The SMILES string of the molecule is N#Cc1ccc(-c2ccc(C3(CCCCF)CCCCC3)nn2)cc1. The highest BCUT2D eigenvalue weighted by molar-refractivity contribution is 5.59. The molecule has 0 radical (unpaired) electrons. The maximum atomic E-state index is 12.5. The molecule has 0 amide bonds. The second-order valence-electron chi connectivity index (χ2n) is 6.98. The number of benzene rings is 1. The van der Waals surface area contributed by atoms with E-state index in [1.807, 2.05) is 18.2 Å². The summed E-state index contributed by atoms with van der Waals surface area (Å²) >= 11 is 0. The van der Waals surface area contributed by atoms with Crippen molar-refractivity contribution in [3.8, 4) is 17.3 Å². The lowest BCUT2D eigenvalue weighted by Gasteiger charge is -2.36. The Morgan fingerprint density at radius 2 is 1.72 bits per heavy atom. The summed E-state index contributed by atoms with van der Waals surface area (Å²) in [6.45, 7) is -0.237. The lowest BCUT2D eigenvalue weighted by Crippen LogP contribution is -2.30. The molecule has 0 bridgehead atoms. The third kappa shape index (κ3) is 4.04. The van der Waals surface area contributed by atoms with Crippen molar-refractivity contribution in [3.63, 3.8) is 0 Å². The van der Waals surface area contributed by atoms with E-state index in [4.69, 9.17) is 5.26 Å². The Balaban J connectivity index is 1.81. The molecule has 1 aliphatic rings. The van der Waals surface area contributed by atoms with E-state index in [0.717, 1.165) is 42.6 Å². The first-order valence-corrected chi connectivity index (χ1v) is 9.18. The van der Waals surface area contributed by atoms with Gasteiger partial charge in [0.15, 0.2) is 0 Å². The minimum absolute atomic E-state index is 0.0730. The van der Waals surface area contributed by atoms with Crippen LogP contribution in [0.4, 0.5) is 4.39 Å². The molecule has 1 fully saturated rings. The highest BCUT2D eigenvalue weighted by Crippen LogP contribution is 2.42. The molecule has 3 nitrogen and oxygen atoms in total. The van der Waals surface area contributed by atoms with Gasteiger partial charge in [-0.3, -0.25) is 4.39 Å². The summed E-state index contributed by atoms with van der Waals surface area (Å²) < 4.78 is 12.5. The highest BCUT2D eigenvalue weighted by Gasteiger charge is 2.35. The van der Waals surface area contributed by atoms with E-state index in [-0.39, 0.29) is 12.1 Å². The molecule has 1 aromatic heterocycles. The van der Waals surface area contributed by atoms with E-state index in [2.05, 4.69) is 22.3 Å². The molecule has 0 spiro atoms. The molecular formula is C21H24FN3. The molecule has 0 N–H and O–H groups in total. The van der Waals surface area contributed by atoms with Gasteiger partial charge in [-0.1, -0.05) is 31.4 Å². The Morgan fingerprint density at radius 1 is 0.960 bits per heavy atom. The molecule has 3 rings (SSSR count). The van der Waals surface area contributed by atoms with Crippen molar-refractivity contribution < 1.29 is 4.39 Å². The van der Waals surface area contributed by atoms with Crippen LogP contribution in [0.1, 0.15) is 62.6 Å². The van der Waals surface area contributed by atoms with E-state index in [1.165, 1.54) is 19.3 Å². The number of hydrogen-bond donors (Lipinski definition) is 0. The van der Waals surface area contributed by atoms with Gasteiger partial charge in [-0.25, -0.2) is 0 Å². The average molecular weight is 337 g/mol. The summed E-state index contributed by atoms with van der Waals surface area (Å²) in [7, 11) is 0. The standard InChI is InChI=1S/C21H24FN3/c22-15-5-4-14-21(12-2-1-3-13-21)20-11-10-19(24-25-20)18-8-6-17(16-23)7-9-18/h6-11H,1-5,12-15H2. The van der Waals surface area contributed by atoms with Crippen molar-refractivity contribution in [1.29, 1.82) is 5.26 Å². The van der Waals surface area contributed by atoms with Crippen LogP contribution in [-0.2, 0) is 5.41 Å². The fourth-order valence-electron chi connectivity index (χ4n) is 3.91. The Morgan fingerprint density at radius 3 is 2.32 bits per heavy atom. The number of nitriles is 1. The predicted octanol–water partition coefficient (Wildman–Crippen LogP) is 5.36. The normalized spacial score (nSPS) is 16.3. The third-order valence-corrected chi connectivity index (χ3v) is 5.37. The van der Waals surface area contributed by atoms with E-state index in [0.29, 0.717) is 12.0 Å². The van der Waals surface area contributed by atoms with Gasteiger partial charge in [0.25, 0.3) is 0 Å². The van der Waals surface area contributed by atoms with Crippen LogP contribution in [-0.4, -0.2) is 16.9 Å². The summed E-state index contributed by atoms with van der Waals surface area (Å²) in [6, 6.07) is 13.6. The largest absolute Gasteiger partial charge is 0.251 e. The Kier molecular flexibility index (Phi) is 5.75. The van der Waals surface area contributed by atoms with Crippen LogP contribution in [0, 0.1) is 11.3 Å². The molecule has 130 valence electrons. The maximum absolute atomic E-state index is 12.5. The van der Waals surface area contributed by atoms with Crippen LogP contribution in [0.2, 0.25) is 0 Å². The summed E-state index contributed by atoms with van der Waals surface area (Å²) in [6.07, 6.45) is 8.52. The molecule has 1 aromatic carbocycles. The van der Waals surface area contributed by atoms with Gasteiger partial charge in [0.1, 0.15) is 0 Å². The first-order chi connectivity index (χ1) is 12.3. The number of alkyl halides is 1. The van der Waals surface area contributed by atoms with Gasteiger partial charge in [0.05, 0.1) is 29.7 Å². The summed E-state index contributed by atoms with van der Waals surface area (Å²) in [5, 5.41) is 17.9. The zero-order chi connectivity index (χ0) is 17.5. The van der Waals surface area contributed by atoms with Gasteiger partial charge in [-0.05, 0) is 56.4 Å². The van der Waals surface area contributed by atoms with Gasteiger partial charge in [0, 0.05) is 11.0 Å². The van der Waals surface area contributed by atoms with E-state index in [1.54, 1.807) is 12.1 Å². The van der Waals surface area contributed by atoms with E-state index in [9.17, 15) is 4.39 Å². The predicted molar refractivity (Wildman–Crippen MR) is 96.8 cm³/mol. The molecule has 4 heteroatoms. The van der Waals surface area contributed by atoms with Crippen LogP contribution < -0.4 is 0 Å². The molecule has 25 heavy (non-hydrogen) atoms. The lowest BCUT2D eigenvalue weighted by molar-refractivity contribution is 0.254. The lowest BCUT2D eigenvalue weighted by atomic mass is 9.68. The molecule has 0 aliphatic heterocycles. The monoisotopic (exact) mass is 337 g/mol. The zero-order valence-corrected chi connectivity index (χ0v) is 14.5.